The zero-order valence-electron chi connectivity index (χ0n) is 16.1. The van der Waals surface area contributed by atoms with Gasteiger partial charge in [0.25, 0.3) is 5.91 Å². The van der Waals surface area contributed by atoms with E-state index in [1.165, 1.54) is 0 Å². The van der Waals surface area contributed by atoms with Gasteiger partial charge in [0.2, 0.25) is 0 Å². The van der Waals surface area contributed by atoms with Gasteiger partial charge in [-0.25, -0.2) is 0 Å². The highest BCUT2D eigenvalue weighted by Crippen LogP contribution is 2.40. The number of benzene rings is 3. The quantitative estimate of drug-likeness (QED) is 0.732. The summed E-state index contributed by atoms with van der Waals surface area (Å²) in [5.41, 5.74) is 2.17. The third-order valence-corrected chi connectivity index (χ3v) is 5.72. The highest BCUT2D eigenvalue weighted by molar-refractivity contribution is 5.94. The molecular formula is C25H25NO2. The molecule has 0 radical (unpaired) electrons. The van der Waals surface area contributed by atoms with E-state index in [2.05, 4.69) is 0 Å². The van der Waals surface area contributed by atoms with Crippen molar-refractivity contribution in [2.75, 3.05) is 6.54 Å². The molecule has 3 nitrogen and oxygen atoms in total. The zero-order chi connectivity index (χ0) is 19.6. The summed E-state index contributed by atoms with van der Waals surface area (Å²) in [4.78, 5) is 15.1. The van der Waals surface area contributed by atoms with Crippen LogP contribution in [0, 0.1) is 6.92 Å². The number of aliphatic hydroxyl groups is 1. The number of rotatable bonds is 4. The van der Waals surface area contributed by atoms with Crippen LogP contribution in [0.3, 0.4) is 0 Å². The molecule has 0 bridgehead atoms. The lowest BCUT2D eigenvalue weighted by Crippen LogP contribution is -2.50. The standard InChI is InChI=1S/C25H25NO2/c1-19-14-16-20(17-15-19)24(27)26-18-8-13-23(26)25(28,21-9-4-2-5-10-21)22-11-6-3-7-12-22/h2-7,9-12,14-17,23,28H,8,13,18H2,1H3/t23-/m0/s1. The molecule has 28 heavy (non-hydrogen) atoms. The summed E-state index contributed by atoms with van der Waals surface area (Å²) in [7, 11) is 0. The third-order valence-electron chi connectivity index (χ3n) is 5.72. The van der Waals surface area contributed by atoms with Crippen LogP contribution in [0.5, 0.6) is 0 Å². The normalized spacial score (nSPS) is 16.9. The molecule has 0 saturated carbocycles. The first-order chi connectivity index (χ1) is 13.6. The summed E-state index contributed by atoms with van der Waals surface area (Å²) in [6.45, 7) is 2.66. The van der Waals surface area contributed by atoms with E-state index in [-0.39, 0.29) is 11.9 Å². The van der Waals surface area contributed by atoms with Crippen LogP contribution in [0.2, 0.25) is 0 Å². The van der Waals surface area contributed by atoms with E-state index in [4.69, 9.17) is 0 Å². The minimum absolute atomic E-state index is 0.0206. The van der Waals surface area contributed by atoms with Gasteiger partial charge in [-0.3, -0.25) is 4.79 Å². The topological polar surface area (TPSA) is 40.5 Å². The predicted octanol–water partition coefficient (Wildman–Crippen LogP) is 4.54. The first kappa shape index (κ1) is 18.5. The van der Waals surface area contributed by atoms with E-state index in [9.17, 15) is 9.90 Å². The molecule has 142 valence electrons. The molecular weight excluding hydrogens is 346 g/mol. The molecule has 1 amide bonds. The Morgan fingerprint density at radius 1 is 0.893 bits per heavy atom. The van der Waals surface area contributed by atoms with Crippen LogP contribution in [0.15, 0.2) is 84.9 Å². The average molecular weight is 371 g/mol. The Morgan fingerprint density at radius 2 is 1.43 bits per heavy atom. The molecule has 0 aliphatic carbocycles. The molecule has 1 N–H and O–H groups in total. The van der Waals surface area contributed by atoms with Crippen molar-refractivity contribution in [1.29, 1.82) is 0 Å². The highest BCUT2D eigenvalue weighted by atomic mass is 16.3. The molecule has 4 rings (SSSR count). The summed E-state index contributed by atoms with van der Waals surface area (Å²) in [5, 5.41) is 12.1. The van der Waals surface area contributed by atoms with Crippen molar-refractivity contribution in [3.05, 3.63) is 107 Å². The van der Waals surface area contributed by atoms with Crippen LogP contribution in [0.1, 0.15) is 39.9 Å². The lowest BCUT2D eigenvalue weighted by molar-refractivity contribution is -0.000720. The molecule has 1 atom stereocenters. The van der Waals surface area contributed by atoms with Gasteiger partial charge in [0.05, 0.1) is 6.04 Å². The number of aryl methyl sites for hydroxylation is 1. The van der Waals surface area contributed by atoms with Crippen LogP contribution in [0.4, 0.5) is 0 Å². The second kappa shape index (κ2) is 7.61. The zero-order valence-corrected chi connectivity index (χ0v) is 16.1. The van der Waals surface area contributed by atoms with Gasteiger partial charge in [-0.15, -0.1) is 0 Å². The van der Waals surface area contributed by atoms with Gasteiger partial charge < -0.3 is 10.0 Å². The summed E-state index contributed by atoms with van der Waals surface area (Å²) < 4.78 is 0. The van der Waals surface area contributed by atoms with Gasteiger partial charge in [-0.2, -0.15) is 0 Å². The van der Waals surface area contributed by atoms with Crippen molar-refractivity contribution in [3.63, 3.8) is 0 Å². The minimum Gasteiger partial charge on any atom is -0.378 e. The minimum atomic E-state index is -1.25. The highest BCUT2D eigenvalue weighted by Gasteiger charge is 2.47. The molecule has 3 aromatic carbocycles. The summed E-state index contributed by atoms with van der Waals surface area (Å²) in [6.07, 6.45) is 1.64. The number of nitrogens with zero attached hydrogens (tertiary/aromatic N) is 1. The molecule has 3 aromatic rings. The van der Waals surface area contributed by atoms with E-state index in [0.29, 0.717) is 12.1 Å². The van der Waals surface area contributed by atoms with Crippen LogP contribution in [-0.2, 0) is 5.60 Å². The fraction of sp³-hybridized carbons (Fsp3) is 0.240. The second-order valence-corrected chi connectivity index (χ2v) is 7.52. The smallest absolute Gasteiger partial charge is 0.254 e. The largest absolute Gasteiger partial charge is 0.378 e. The van der Waals surface area contributed by atoms with Gasteiger partial charge in [0.15, 0.2) is 0 Å². The van der Waals surface area contributed by atoms with Gasteiger partial charge in [-0.05, 0) is 43.0 Å². The second-order valence-electron chi connectivity index (χ2n) is 7.52. The molecule has 1 fully saturated rings. The van der Waals surface area contributed by atoms with Crippen molar-refractivity contribution in [2.24, 2.45) is 0 Å². The first-order valence-corrected chi connectivity index (χ1v) is 9.82. The molecule has 0 spiro atoms. The van der Waals surface area contributed by atoms with Crippen LogP contribution in [0.25, 0.3) is 0 Å². The maximum atomic E-state index is 13.3. The summed E-state index contributed by atoms with van der Waals surface area (Å²) >= 11 is 0. The van der Waals surface area contributed by atoms with E-state index in [1.807, 2.05) is 96.8 Å². The van der Waals surface area contributed by atoms with Crippen LogP contribution in [-0.4, -0.2) is 28.5 Å². The number of carbonyl (C=O) groups is 1. The van der Waals surface area contributed by atoms with Crippen molar-refractivity contribution >= 4 is 5.91 Å². The van der Waals surface area contributed by atoms with Gasteiger partial charge in [0, 0.05) is 12.1 Å². The lowest BCUT2D eigenvalue weighted by Gasteiger charge is -2.40. The Bertz CT molecular complexity index is 896. The Hall–Kier alpha value is -2.91. The van der Waals surface area contributed by atoms with Crippen molar-refractivity contribution in [1.82, 2.24) is 4.90 Å². The number of amides is 1. The summed E-state index contributed by atoms with van der Waals surface area (Å²) in [6, 6.07) is 26.7. The maximum Gasteiger partial charge on any atom is 0.254 e. The predicted molar refractivity (Wildman–Crippen MR) is 111 cm³/mol. The Balaban J connectivity index is 1.77. The van der Waals surface area contributed by atoms with E-state index in [1.54, 1.807) is 0 Å². The number of likely N-dealkylation sites (tertiary alicyclic amines) is 1. The fourth-order valence-corrected chi connectivity index (χ4v) is 4.24. The van der Waals surface area contributed by atoms with E-state index < -0.39 is 5.60 Å². The third kappa shape index (κ3) is 3.23. The molecule has 1 aliphatic heterocycles. The number of hydrogen-bond acceptors (Lipinski definition) is 2. The van der Waals surface area contributed by atoms with E-state index >= 15 is 0 Å². The fourth-order valence-electron chi connectivity index (χ4n) is 4.24. The maximum absolute atomic E-state index is 13.3. The number of carbonyl (C=O) groups excluding carboxylic acids is 1. The molecule has 0 aromatic heterocycles. The Morgan fingerprint density at radius 3 is 1.96 bits per heavy atom. The van der Waals surface area contributed by atoms with Crippen molar-refractivity contribution < 1.29 is 9.90 Å². The Labute approximate surface area is 166 Å². The van der Waals surface area contributed by atoms with Crippen LogP contribution < -0.4 is 0 Å². The summed E-state index contributed by atoms with van der Waals surface area (Å²) in [5.74, 6) is -0.0206. The molecule has 1 saturated heterocycles. The first-order valence-electron chi connectivity index (χ1n) is 9.82. The molecule has 0 unspecified atom stereocenters. The average Bonchev–Trinajstić information content (AvgIpc) is 3.25. The van der Waals surface area contributed by atoms with Gasteiger partial charge in [-0.1, -0.05) is 78.4 Å². The SMILES string of the molecule is Cc1ccc(C(=O)N2CCC[C@H]2C(O)(c2ccccc2)c2ccccc2)cc1. The van der Waals surface area contributed by atoms with Gasteiger partial charge >= 0.3 is 0 Å². The van der Waals surface area contributed by atoms with Crippen molar-refractivity contribution in [3.8, 4) is 0 Å². The molecule has 1 aliphatic rings. The molecule has 1 heterocycles. The van der Waals surface area contributed by atoms with Crippen molar-refractivity contribution in [2.45, 2.75) is 31.4 Å². The van der Waals surface area contributed by atoms with Crippen LogP contribution >= 0.6 is 0 Å². The lowest BCUT2D eigenvalue weighted by atomic mass is 9.79. The monoisotopic (exact) mass is 371 g/mol. The number of hydrogen-bond donors (Lipinski definition) is 1. The van der Waals surface area contributed by atoms with E-state index in [0.717, 1.165) is 29.5 Å². The molecule has 3 heteroatoms. The van der Waals surface area contributed by atoms with Gasteiger partial charge in [0.1, 0.15) is 5.60 Å². The Kier molecular flexibility index (Phi) is 5.01.